The van der Waals surface area contributed by atoms with Gasteiger partial charge in [-0.1, -0.05) is 0 Å². The van der Waals surface area contributed by atoms with E-state index in [0.717, 1.165) is 5.56 Å². The van der Waals surface area contributed by atoms with Crippen LogP contribution in [0.3, 0.4) is 0 Å². The highest BCUT2D eigenvalue weighted by atomic mass is 32.2. The van der Waals surface area contributed by atoms with Crippen LogP contribution >= 0.6 is 0 Å². The van der Waals surface area contributed by atoms with E-state index in [0.29, 0.717) is 18.1 Å². The van der Waals surface area contributed by atoms with Gasteiger partial charge in [0.25, 0.3) is 0 Å². The van der Waals surface area contributed by atoms with Crippen molar-refractivity contribution in [1.82, 2.24) is 4.98 Å². The van der Waals surface area contributed by atoms with Crippen LogP contribution in [-0.4, -0.2) is 32.0 Å². The van der Waals surface area contributed by atoms with Gasteiger partial charge in [0.1, 0.15) is 15.7 Å². The molecular weight excluding hydrogens is 214 g/mol. The smallest absolute Gasteiger partial charge is 0.149 e. The Kier molecular flexibility index (Phi) is 3.52. The third-order valence-electron chi connectivity index (χ3n) is 1.93. The molecule has 5 nitrogen and oxygen atoms in total. The molecule has 0 radical (unpaired) electrons. The number of aryl methyl sites for hydroxylation is 1. The van der Waals surface area contributed by atoms with Crippen molar-refractivity contribution in [2.45, 2.75) is 6.92 Å². The van der Waals surface area contributed by atoms with Crippen molar-refractivity contribution in [3.05, 3.63) is 17.8 Å². The van der Waals surface area contributed by atoms with Crippen molar-refractivity contribution in [2.75, 3.05) is 29.6 Å². The Labute approximate surface area is 89.6 Å². The van der Waals surface area contributed by atoms with Crippen molar-refractivity contribution >= 4 is 21.3 Å². The first-order valence-electron chi connectivity index (χ1n) is 4.52. The molecule has 0 aromatic carbocycles. The number of hydrogen-bond acceptors (Lipinski definition) is 5. The van der Waals surface area contributed by atoms with Crippen LogP contribution in [0.25, 0.3) is 0 Å². The molecule has 1 heterocycles. The number of aromatic nitrogens is 1. The molecule has 0 atom stereocenters. The zero-order valence-electron chi connectivity index (χ0n) is 8.82. The van der Waals surface area contributed by atoms with E-state index in [2.05, 4.69) is 10.3 Å². The Hall–Kier alpha value is -1.30. The van der Waals surface area contributed by atoms with Gasteiger partial charge < -0.3 is 11.1 Å². The van der Waals surface area contributed by atoms with Gasteiger partial charge in [0.15, 0.2) is 0 Å². The monoisotopic (exact) mass is 229 g/mol. The molecule has 0 aliphatic heterocycles. The maximum atomic E-state index is 10.9. The van der Waals surface area contributed by atoms with E-state index in [4.69, 9.17) is 5.73 Å². The Bertz CT molecular complexity index is 443. The average molecular weight is 229 g/mol. The minimum Gasteiger partial charge on any atom is -0.397 e. The Morgan fingerprint density at radius 3 is 2.73 bits per heavy atom. The van der Waals surface area contributed by atoms with Crippen molar-refractivity contribution in [2.24, 2.45) is 0 Å². The molecule has 0 saturated carbocycles. The lowest BCUT2D eigenvalue weighted by molar-refractivity contribution is 0.602. The number of pyridine rings is 1. The first-order valence-corrected chi connectivity index (χ1v) is 6.58. The van der Waals surface area contributed by atoms with Gasteiger partial charge in [0.05, 0.1) is 17.6 Å². The predicted octanol–water partition coefficient (Wildman–Crippen LogP) is 0.429. The lowest BCUT2D eigenvalue weighted by atomic mass is 10.2. The maximum absolute atomic E-state index is 10.9. The molecule has 0 spiro atoms. The third-order valence-corrected chi connectivity index (χ3v) is 2.88. The average Bonchev–Trinajstić information content (AvgIpc) is 2.09. The Balaban J connectivity index is 2.55. The number of nitrogen functional groups attached to an aromatic ring is 1. The fraction of sp³-hybridized carbons (Fsp3) is 0.444. The van der Waals surface area contributed by atoms with Crippen LogP contribution < -0.4 is 11.1 Å². The molecule has 0 aliphatic carbocycles. The summed E-state index contributed by atoms with van der Waals surface area (Å²) in [6.07, 6.45) is 2.76. The number of nitrogens with one attached hydrogen (secondary N) is 1. The number of anilines is 2. The minimum absolute atomic E-state index is 0.0953. The lowest BCUT2D eigenvalue weighted by Crippen LogP contribution is -2.14. The summed E-state index contributed by atoms with van der Waals surface area (Å²) in [6, 6.07) is 1.79. The van der Waals surface area contributed by atoms with E-state index >= 15 is 0 Å². The molecule has 0 saturated heterocycles. The Morgan fingerprint density at radius 1 is 1.53 bits per heavy atom. The molecule has 0 fully saturated rings. The summed E-state index contributed by atoms with van der Waals surface area (Å²) in [5, 5.41) is 2.92. The second kappa shape index (κ2) is 4.48. The normalized spacial score (nSPS) is 11.3. The van der Waals surface area contributed by atoms with Crippen LogP contribution in [0.15, 0.2) is 12.3 Å². The van der Waals surface area contributed by atoms with Gasteiger partial charge in [0.2, 0.25) is 0 Å². The van der Waals surface area contributed by atoms with E-state index in [1.807, 2.05) is 6.92 Å². The van der Waals surface area contributed by atoms with Gasteiger partial charge in [-0.3, -0.25) is 0 Å². The van der Waals surface area contributed by atoms with Crippen LogP contribution in [0, 0.1) is 6.92 Å². The SMILES string of the molecule is Cc1cc(NCCS(C)(=O)=O)ncc1N. The van der Waals surface area contributed by atoms with Gasteiger partial charge in [-0.25, -0.2) is 13.4 Å². The Morgan fingerprint density at radius 2 is 2.20 bits per heavy atom. The molecular formula is C9H15N3O2S. The van der Waals surface area contributed by atoms with Crippen LogP contribution in [-0.2, 0) is 9.84 Å². The molecule has 1 aromatic heterocycles. The largest absolute Gasteiger partial charge is 0.397 e. The van der Waals surface area contributed by atoms with Gasteiger partial charge in [0, 0.05) is 12.8 Å². The van der Waals surface area contributed by atoms with Crippen molar-refractivity contribution < 1.29 is 8.42 Å². The van der Waals surface area contributed by atoms with Crippen LogP contribution in [0.5, 0.6) is 0 Å². The van der Waals surface area contributed by atoms with Crippen molar-refractivity contribution in [3.8, 4) is 0 Å². The van der Waals surface area contributed by atoms with Crippen LogP contribution in [0.1, 0.15) is 5.56 Å². The summed E-state index contributed by atoms with van der Waals surface area (Å²) < 4.78 is 21.7. The van der Waals surface area contributed by atoms with Crippen molar-refractivity contribution in [3.63, 3.8) is 0 Å². The molecule has 6 heteroatoms. The van der Waals surface area contributed by atoms with Crippen LogP contribution in [0.4, 0.5) is 11.5 Å². The van der Waals surface area contributed by atoms with E-state index in [9.17, 15) is 8.42 Å². The van der Waals surface area contributed by atoms with Gasteiger partial charge in [-0.05, 0) is 18.6 Å². The molecule has 84 valence electrons. The zero-order chi connectivity index (χ0) is 11.5. The van der Waals surface area contributed by atoms with Gasteiger partial charge in [-0.2, -0.15) is 0 Å². The molecule has 0 unspecified atom stereocenters. The number of nitrogens with zero attached hydrogens (tertiary/aromatic N) is 1. The number of rotatable bonds is 4. The molecule has 3 N–H and O–H groups in total. The summed E-state index contributed by atoms with van der Waals surface area (Å²) in [5.41, 5.74) is 7.15. The first-order chi connectivity index (χ1) is 6.88. The van der Waals surface area contributed by atoms with E-state index in [1.165, 1.54) is 6.26 Å². The second-order valence-electron chi connectivity index (χ2n) is 3.48. The van der Waals surface area contributed by atoms with E-state index < -0.39 is 9.84 Å². The fourth-order valence-electron chi connectivity index (χ4n) is 1.03. The highest BCUT2D eigenvalue weighted by Gasteiger charge is 2.02. The summed E-state index contributed by atoms with van der Waals surface area (Å²) in [6.45, 7) is 2.23. The maximum Gasteiger partial charge on any atom is 0.149 e. The number of hydrogen-bond donors (Lipinski definition) is 2. The summed E-state index contributed by atoms with van der Waals surface area (Å²) in [4.78, 5) is 4.03. The second-order valence-corrected chi connectivity index (χ2v) is 5.74. The summed E-state index contributed by atoms with van der Waals surface area (Å²) in [7, 11) is -2.93. The third kappa shape index (κ3) is 4.16. The first kappa shape index (κ1) is 11.8. The number of nitrogens with two attached hydrogens (primary N) is 1. The number of sulfone groups is 1. The van der Waals surface area contributed by atoms with Crippen molar-refractivity contribution in [1.29, 1.82) is 0 Å². The van der Waals surface area contributed by atoms with Gasteiger partial charge in [-0.15, -0.1) is 0 Å². The predicted molar refractivity (Wildman–Crippen MR) is 61.6 cm³/mol. The topological polar surface area (TPSA) is 85.1 Å². The van der Waals surface area contributed by atoms with Gasteiger partial charge >= 0.3 is 0 Å². The minimum atomic E-state index is -2.93. The molecule has 1 aromatic rings. The standard InChI is InChI=1S/C9H15N3O2S/c1-7-5-9(12-6-8(7)10)11-3-4-15(2,13)14/h5-6H,3-4,10H2,1-2H3,(H,11,12). The molecule has 15 heavy (non-hydrogen) atoms. The highest BCUT2D eigenvalue weighted by molar-refractivity contribution is 7.90. The molecule has 0 aliphatic rings. The van der Waals surface area contributed by atoms with E-state index in [-0.39, 0.29) is 5.75 Å². The molecule has 0 amide bonds. The quantitative estimate of drug-likeness (QED) is 0.782. The molecule has 0 bridgehead atoms. The lowest BCUT2D eigenvalue weighted by Gasteiger charge is -2.06. The summed E-state index contributed by atoms with van der Waals surface area (Å²) in [5.74, 6) is 0.739. The van der Waals surface area contributed by atoms with E-state index in [1.54, 1.807) is 12.3 Å². The summed E-state index contributed by atoms with van der Waals surface area (Å²) >= 11 is 0. The zero-order valence-corrected chi connectivity index (χ0v) is 9.63. The molecule has 1 rings (SSSR count). The van der Waals surface area contributed by atoms with Crippen LogP contribution in [0.2, 0.25) is 0 Å². The fourth-order valence-corrected chi connectivity index (χ4v) is 1.50. The highest BCUT2D eigenvalue weighted by Crippen LogP contribution is 2.12.